The number of hydrogen-bond acceptors (Lipinski definition) is 4. The highest BCUT2D eigenvalue weighted by Crippen LogP contribution is 2.33. The van der Waals surface area contributed by atoms with Gasteiger partial charge in [0.1, 0.15) is 0 Å². The minimum atomic E-state index is 0.186. The number of amides is 1. The number of benzene rings is 2. The fourth-order valence-corrected chi connectivity index (χ4v) is 5.47. The minimum absolute atomic E-state index is 0.186. The second-order valence-electron chi connectivity index (χ2n) is 8.80. The number of likely N-dealkylation sites (tertiary alicyclic amines) is 1. The van der Waals surface area contributed by atoms with Gasteiger partial charge in [0.05, 0.1) is 11.4 Å². The van der Waals surface area contributed by atoms with Crippen LogP contribution < -0.4 is 0 Å². The SMILES string of the molecule is CCC1CCCCN1C(=O)CSc1nnc(-c2ccc(Cl)cc2)n1-c1ccccc1C(C)C. The van der Waals surface area contributed by atoms with E-state index in [4.69, 9.17) is 11.6 Å². The molecule has 0 saturated carbocycles. The minimum Gasteiger partial charge on any atom is -0.339 e. The predicted octanol–water partition coefficient (Wildman–Crippen LogP) is 6.59. The molecule has 0 aliphatic carbocycles. The van der Waals surface area contributed by atoms with Crippen molar-refractivity contribution in [3.8, 4) is 17.1 Å². The molecular weight excluding hydrogens is 452 g/mol. The van der Waals surface area contributed by atoms with E-state index in [1.807, 2.05) is 30.3 Å². The van der Waals surface area contributed by atoms with Crippen molar-refractivity contribution in [2.24, 2.45) is 0 Å². The van der Waals surface area contributed by atoms with Crippen molar-refractivity contribution in [2.45, 2.75) is 63.6 Å². The van der Waals surface area contributed by atoms with E-state index < -0.39 is 0 Å². The van der Waals surface area contributed by atoms with Crippen LogP contribution in [0.2, 0.25) is 5.02 Å². The lowest BCUT2D eigenvalue weighted by Gasteiger charge is -2.35. The fourth-order valence-electron chi connectivity index (χ4n) is 4.51. The van der Waals surface area contributed by atoms with Crippen LogP contribution in [-0.2, 0) is 4.79 Å². The molecule has 5 nitrogen and oxygen atoms in total. The van der Waals surface area contributed by atoms with E-state index in [9.17, 15) is 4.79 Å². The monoisotopic (exact) mass is 482 g/mol. The number of halogens is 1. The van der Waals surface area contributed by atoms with Crippen molar-refractivity contribution in [1.29, 1.82) is 0 Å². The third-order valence-electron chi connectivity index (χ3n) is 6.28. The first kappa shape index (κ1) is 23.8. The summed E-state index contributed by atoms with van der Waals surface area (Å²) in [5.41, 5.74) is 3.19. The van der Waals surface area contributed by atoms with E-state index in [1.54, 1.807) is 0 Å². The maximum atomic E-state index is 13.1. The molecule has 0 N–H and O–H groups in total. The topological polar surface area (TPSA) is 51.0 Å². The van der Waals surface area contributed by atoms with Crippen molar-refractivity contribution >= 4 is 29.3 Å². The molecule has 7 heteroatoms. The van der Waals surface area contributed by atoms with Crippen LogP contribution >= 0.6 is 23.4 Å². The van der Waals surface area contributed by atoms with Gasteiger partial charge in [-0.05, 0) is 67.5 Å². The average molecular weight is 483 g/mol. The molecular formula is C26H31ClN4OS. The highest BCUT2D eigenvalue weighted by molar-refractivity contribution is 7.99. The Bertz CT molecular complexity index is 1100. The standard InChI is InChI=1S/C26H31ClN4OS/c1-4-21-9-7-8-16-30(21)24(32)17-33-26-29-28-25(19-12-14-20(27)15-13-19)31(26)23-11-6-5-10-22(23)18(2)3/h5-6,10-15,18,21H,4,7-9,16-17H2,1-3H3. The maximum Gasteiger partial charge on any atom is 0.233 e. The van der Waals surface area contributed by atoms with Gasteiger partial charge < -0.3 is 4.90 Å². The van der Waals surface area contributed by atoms with Crippen LogP contribution in [0.15, 0.2) is 53.7 Å². The molecule has 1 saturated heterocycles. The van der Waals surface area contributed by atoms with Crippen LogP contribution in [0.3, 0.4) is 0 Å². The molecule has 2 heterocycles. The van der Waals surface area contributed by atoms with Gasteiger partial charge in [0.15, 0.2) is 11.0 Å². The van der Waals surface area contributed by atoms with Crippen LogP contribution in [0.25, 0.3) is 17.1 Å². The van der Waals surface area contributed by atoms with Gasteiger partial charge >= 0.3 is 0 Å². The van der Waals surface area contributed by atoms with E-state index in [2.05, 4.69) is 58.6 Å². The number of rotatable bonds is 7. The van der Waals surface area contributed by atoms with E-state index in [0.717, 1.165) is 48.0 Å². The molecule has 0 spiro atoms. The van der Waals surface area contributed by atoms with Gasteiger partial charge in [-0.3, -0.25) is 9.36 Å². The van der Waals surface area contributed by atoms with Crippen LogP contribution in [0.5, 0.6) is 0 Å². The van der Waals surface area contributed by atoms with Crippen molar-refractivity contribution in [2.75, 3.05) is 12.3 Å². The molecule has 174 valence electrons. The Morgan fingerprint density at radius 2 is 1.88 bits per heavy atom. The molecule has 33 heavy (non-hydrogen) atoms. The molecule has 0 bridgehead atoms. The van der Waals surface area contributed by atoms with Gasteiger partial charge in [-0.2, -0.15) is 0 Å². The molecule has 1 aliphatic heterocycles. The van der Waals surface area contributed by atoms with Crippen LogP contribution in [0.4, 0.5) is 0 Å². The maximum absolute atomic E-state index is 13.1. The molecule has 4 rings (SSSR count). The van der Waals surface area contributed by atoms with E-state index in [0.29, 0.717) is 22.7 Å². The molecule has 1 unspecified atom stereocenters. The second-order valence-corrected chi connectivity index (χ2v) is 10.2. The first-order valence-corrected chi connectivity index (χ1v) is 13.1. The van der Waals surface area contributed by atoms with Crippen molar-refractivity contribution < 1.29 is 4.79 Å². The number of carbonyl (C=O) groups excluding carboxylic acids is 1. The molecule has 1 aromatic heterocycles. The number of carbonyl (C=O) groups is 1. The second kappa shape index (κ2) is 10.7. The Kier molecular flexibility index (Phi) is 7.76. The zero-order chi connectivity index (χ0) is 23.4. The van der Waals surface area contributed by atoms with E-state index >= 15 is 0 Å². The highest BCUT2D eigenvalue weighted by atomic mass is 35.5. The third-order valence-corrected chi connectivity index (χ3v) is 7.44. The zero-order valence-electron chi connectivity index (χ0n) is 19.5. The summed E-state index contributed by atoms with van der Waals surface area (Å²) in [7, 11) is 0. The van der Waals surface area contributed by atoms with Crippen molar-refractivity contribution in [1.82, 2.24) is 19.7 Å². The van der Waals surface area contributed by atoms with Gasteiger partial charge in [0, 0.05) is 23.2 Å². The quantitative estimate of drug-likeness (QED) is 0.356. The highest BCUT2D eigenvalue weighted by Gasteiger charge is 2.26. The lowest BCUT2D eigenvalue weighted by molar-refractivity contribution is -0.132. The lowest BCUT2D eigenvalue weighted by atomic mass is 10.0. The Morgan fingerprint density at radius 1 is 1.12 bits per heavy atom. The zero-order valence-corrected chi connectivity index (χ0v) is 21.1. The van der Waals surface area contributed by atoms with Gasteiger partial charge in [0.25, 0.3) is 0 Å². The van der Waals surface area contributed by atoms with Crippen LogP contribution in [0.1, 0.15) is 57.9 Å². The third kappa shape index (κ3) is 5.28. The summed E-state index contributed by atoms with van der Waals surface area (Å²) in [6, 6.07) is 16.3. The molecule has 3 aromatic rings. The largest absolute Gasteiger partial charge is 0.339 e. The first-order chi connectivity index (χ1) is 16.0. The smallest absolute Gasteiger partial charge is 0.233 e. The number of piperidine rings is 1. The van der Waals surface area contributed by atoms with Gasteiger partial charge in [-0.15, -0.1) is 10.2 Å². The van der Waals surface area contributed by atoms with Gasteiger partial charge in [-0.25, -0.2) is 0 Å². The molecule has 2 aromatic carbocycles. The summed E-state index contributed by atoms with van der Waals surface area (Å²) in [6.07, 6.45) is 4.41. The van der Waals surface area contributed by atoms with Crippen molar-refractivity contribution in [3.05, 3.63) is 59.1 Å². The first-order valence-electron chi connectivity index (χ1n) is 11.7. The van der Waals surface area contributed by atoms with Gasteiger partial charge in [-0.1, -0.05) is 62.3 Å². The normalized spacial score (nSPS) is 16.4. The molecule has 0 radical (unpaired) electrons. The predicted molar refractivity (Wildman–Crippen MR) is 136 cm³/mol. The number of hydrogen-bond donors (Lipinski definition) is 0. The summed E-state index contributed by atoms with van der Waals surface area (Å²) >= 11 is 7.59. The van der Waals surface area contributed by atoms with Gasteiger partial charge in [0.2, 0.25) is 5.91 Å². The Hall–Kier alpha value is -2.31. The summed E-state index contributed by atoms with van der Waals surface area (Å²) in [5, 5.41) is 10.5. The molecule has 1 aliphatic rings. The Balaban J connectivity index is 1.69. The van der Waals surface area contributed by atoms with E-state index in [1.165, 1.54) is 23.7 Å². The molecule has 1 amide bonds. The fraction of sp³-hybridized carbons (Fsp3) is 0.423. The lowest BCUT2D eigenvalue weighted by Crippen LogP contribution is -2.44. The average Bonchev–Trinajstić information content (AvgIpc) is 3.26. The molecule has 1 fully saturated rings. The Labute approximate surface area is 205 Å². The summed E-state index contributed by atoms with van der Waals surface area (Å²) in [4.78, 5) is 15.2. The number of para-hydroxylation sites is 1. The van der Waals surface area contributed by atoms with Crippen molar-refractivity contribution in [3.63, 3.8) is 0 Å². The van der Waals surface area contributed by atoms with Crippen LogP contribution in [-0.4, -0.2) is 43.9 Å². The van der Waals surface area contributed by atoms with E-state index in [-0.39, 0.29) is 5.91 Å². The summed E-state index contributed by atoms with van der Waals surface area (Å²) < 4.78 is 2.09. The molecule has 1 atom stereocenters. The number of nitrogens with zero attached hydrogens (tertiary/aromatic N) is 4. The number of aromatic nitrogens is 3. The summed E-state index contributed by atoms with van der Waals surface area (Å²) in [5.74, 6) is 1.63. The Morgan fingerprint density at radius 3 is 2.61 bits per heavy atom. The summed E-state index contributed by atoms with van der Waals surface area (Å²) in [6.45, 7) is 7.39. The number of thioether (sulfide) groups is 1. The van der Waals surface area contributed by atoms with Crippen LogP contribution in [0, 0.1) is 0 Å².